The van der Waals surface area contributed by atoms with E-state index in [9.17, 15) is 0 Å². The van der Waals surface area contributed by atoms with Gasteiger partial charge in [-0.3, -0.25) is 9.59 Å². The van der Waals surface area contributed by atoms with Crippen molar-refractivity contribution in [2.75, 3.05) is 0 Å². The number of benzene rings is 1. The normalized spacial score (nSPS) is 12.6. The number of hydrogen-bond acceptors (Lipinski definition) is 10. The van der Waals surface area contributed by atoms with Crippen molar-refractivity contribution < 1.29 is 0 Å². The molecule has 0 radical (unpaired) electrons. The smallest absolute Gasteiger partial charge is 0.215 e. The first-order chi connectivity index (χ1) is 52.1. The van der Waals surface area contributed by atoms with Crippen molar-refractivity contribution in [3.05, 3.63) is 112 Å². The number of hydrogen-bond donors (Lipinski definition) is 0. The molecule has 0 saturated heterocycles. The highest BCUT2D eigenvalue weighted by Gasteiger charge is 2.32. The van der Waals surface area contributed by atoms with Gasteiger partial charge in [-0.05, 0) is 136 Å². The van der Waals surface area contributed by atoms with Gasteiger partial charge in [0.2, 0.25) is 10.9 Å². The van der Waals surface area contributed by atoms with E-state index in [4.69, 9.17) is 9.97 Å². The number of fused-ring (bicyclic) bond motifs is 2. The Labute approximate surface area is 668 Å². The molecule has 582 valence electrons. The minimum Gasteiger partial charge on any atom is -0.287 e. The topological polar surface area (TPSA) is 59.9 Å². The number of thiophene rings is 6. The van der Waals surface area contributed by atoms with Gasteiger partial charge in [0.15, 0.2) is 0 Å². The fourth-order valence-corrected chi connectivity index (χ4v) is 23.1. The molecule has 2 unspecified atom stereocenters. The van der Waals surface area contributed by atoms with Crippen molar-refractivity contribution in [1.29, 1.82) is 0 Å². The summed E-state index contributed by atoms with van der Waals surface area (Å²) < 4.78 is 0. The SMILES string of the molecule is CCCCCCCCCCCCC(CCCCCCCCCC)Cc1cc(-c2ccc(-c3c4nc(-c5ccc(CCCCCC)s5)c(=O)c4c(-c4ccc(-c5cc(CC(CCCCCCCCCC)CCCCCCCCCCCC)c(C)s5)s4)c4nc(-c5ccc(CCCCCC)s5)c(=O)c34)s2)sc1C. The van der Waals surface area contributed by atoms with Crippen LogP contribution in [0, 0.1) is 25.7 Å². The summed E-state index contributed by atoms with van der Waals surface area (Å²) >= 11 is 10.8. The van der Waals surface area contributed by atoms with Gasteiger partial charge in [0.25, 0.3) is 0 Å². The molecule has 8 aromatic heterocycles. The molecule has 9 rings (SSSR count). The average Bonchev–Trinajstić information content (AvgIpc) is 1.54. The Hall–Kier alpha value is -3.90. The molecule has 0 N–H and O–H groups in total. The first kappa shape index (κ1) is 86.1. The third kappa shape index (κ3) is 26.6. The van der Waals surface area contributed by atoms with Crippen LogP contribution < -0.4 is 10.9 Å². The zero-order valence-corrected chi connectivity index (χ0v) is 72.8. The Balaban J connectivity index is 1.06. The summed E-state index contributed by atoms with van der Waals surface area (Å²) in [5.74, 6) is 1.40. The summed E-state index contributed by atoms with van der Waals surface area (Å²) in [6.07, 6.45) is 68.6. The molecular weight excluding hydrogens is 1410 g/mol. The molecule has 0 saturated carbocycles. The zero-order chi connectivity index (χ0) is 74.5. The van der Waals surface area contributed by atoms with Crippen molar-refractivity contribution in [2.24, 2.45) is 11.8 Å². The Bertz CT molecular complexity index is 3720. The van der Waals surface area contributed by atoms with E-state index < -0.39 is 0 Å². The molecule has 0 aliphatic rings. The standard InChI is InChI=1S/C96H140N2O2S6/c1-9-15-21-27-31-35-37-41-45-49-55-73(53-47-43-39-33-29-23-17-11-3)67-75-69-85(101-71(75)7)79-63-65-81(105-79)87-89-94(98-91(95(89)99)83-61-59-77(103-83)57-51-25-19-13-5)88(90-93(87)97-92(96(90)100)84-62-60-78(104-84)58-52-26-20-14-6)82-66-64-80(106-82)86-70-76(72(8)102-86)68-74(54-48-44-40-34-30-24-18-12-4)56-50-46-42-38-36-32-28-22-16-10-2/h59-66,69-70,73-74H,9-58,67-68H2,1-8H3. The number of nitrogens with zero attached hydrogens (tertiary/aromatic N) is 2. The third-order valence-corrected chi connectivity index (χ3v) is 30.3. The molecule has 2 atom stereocenters. The molecule has 1 aromatic carbocycles. The van der Waals surface area contributed by atoms with Crippen LogP contribution in [0.1, 0.15) is 380 Å². The summed E-state index contributed by atoms with van der Waals surface area (Å²) in [4.78, 5) is 57.5. The van der Waals surface area contributed by atoms with Crippen LogP contribution in [0.2, 0.25) is 0 Å². The van der Waals surface area contributed by atoms with E-state index in [1.54, 1.807) is 45.3 Å². The third-order valence-electron chi connectivity index (χ3n) is 23.2. The van der Waals surface area contributed by atoms with E-state index in [1.165, 1.54) is 346 Å². The molecule has 10 heteroatoms. The predicted molar refractivity (Wildman–Crippen MR) is 479 cm³/mol. The Morgan fingerprint density at radius 3 is 0.849 bits per heavy atom. The fourth-order valence-electron chi connectivity index (χ4n) is 16.7. The number of rotatable bonds is 60. The molecule has 106 heavy (non-hydrogen) atoms. The van der Waals surface area contributed by atoms with Crippen LogP contribution in [0.15, 0.2) is 70.3 Å². The van der Waals surface area contributed by atoms with Crippen LogP contribution in [0.25, 0.3) is 83.3 Å². The van der Waals surface area contributed by atoms with Gasteiger partial charge >= 0.3 is 0 Å². The van der Waals surface area contributed by atoms with Gasteiger partial charge in [0, 0.05) is 59.9 Å². The lowest BCUT2D eigenvalue weighted by Crippen LogP contribution is -2.05. The van der Waals surface area contributed by atoms with E-state index in [1.807, 2.05) is 22.7 Å². The van der Waals surface area contributed by atoms with Crippen molar-refractivity contribution in [1.82, 2.24) is 9.97 Å². The van der Waals surface area contributed by atoms with Gasteiger partial charge in [0.1, 0.15) is 11.4 Å². The minimum absolute atomic E-state index is 0.0567. The van der Waals surface area contributed by atoms with E-state index in [-0.39, 0.29) is 10.9 Å². The zero-order valence-electron chi connectivity index (χ0n) is 67.9. The number of aromatic nitrogens is 2. The lowest BCUT2D eigenvalue weighted by molar-refractivity contribution is 0.399. The van der Waals surface area contributed by atoms with Crippen LogP contribution in [0.3, 0.4) is 0 Å². The van der Waals surface area contributed by atoms with Crippen LogP contribution in [-0.2, 0) is 25.7 Å². The highest BCUT2D eigenvalue weighted by molar-refractivity contribution is 7.25. The van der Waals surface area contributed by atoms with Gasteiger partial charge in [-0.1, -0.05) is 337 Å². The lowest BCUT2D eigenvalue weighted by Gasteiger charge is -2.17. The van der Waals surface area contributed by atoms with Crippen LogP contribution in [0.4, 0.5) is 0 Å². The first-order valence-corrected chi connectivity index (χ1v) is 49.1. The molecule has 0 aliphatic heterocycles. The molecule has 0 aliphatic carbocycles. The minimum atomic E-state index is -0.0567. The Morgan fingerprint density at radius 1 is 0.283 bits per heavy atom. The largest absolute Gasteiger partial charge is 0.287 e. The molecule has 0 bridgehead atoms. The average molecular weight is 1550 g/mol. The summed E-state index contributed by atoms with van der Waals surface area (Å²) in [6, 6.07) is 22.8. The molecule has 0 spiro atoms. The molecule has 8 heterocycles. The van der Waals surface area contributed by atoms with Gasteiger partial charge < -0.3 is 0 Å². The van der Waals surface area contributed by atoms with E-state index in [0.29, 0.717) is 45.0 Å². The van der Waals surface area contributed by atoms with Crippen molar-refractivity contribution >= 4 is 89.8 Å². The fraction of sp³-hybridized carbons (Fsp3) is 0.646. The Kier molecular flexibility index (Phi) is 39.6. The summed E-state index contributed by atoms with van der Waals surface area (Å²) in [6.45, 7) is 18.5. The van der Waals surface area contributed by atoms with Crippen LogP contribution >= 0.6 is 68.0 Å². The predicted octanol–water partition coefficient (Wildman–Crippen LogP) is 33.6. The highest BCUT2D eigenvalue weighted by atomic mass is 32.1. The second kappa shape index (κ2) is 48.8. The number of unbranched alkanes of at least 4 members (excludes halogenated alkanes) is 38. The molecule has 9 aromatic rings. The van der Waals surface area contributed by atoms with Gasteiger partial charge in [-0.15, -0.1) is 68.0 Å². The first-order valence-electron chi connectivity index (χ1n) is 44.2. The summed E-state index contributed by atoms with van der Waals surface area (Å²) in [7, 11) is 0. The molecular formula is C96H140N2O2S6. The lowest BCUT2D eigenvalue weighted by atomic mass is 9.88. The van der Waals surface area contributed by atoms with Gasteiger partial charge in [-0.25, -0.2) is 9.97 Å². The van der Waals surface area contributed by atoms with Gasteiger partial charge in [0.05, 0.1) is 31.6 Å². The van der Waals surface area contributed by atoms with Crippen molar-refractivity contribution in [2.45, 2.75) is 389 Å². The molecule has 4 nitrogen and oxygen atoms in total. The van der Waals surface area contributed by atoms with Gasteiger partial charge in [-0.2, -0.15) is 0 Å². The van der Waals surface area contributed by atoms with E-state index in [2.05, 4.69) is 116 Å². The maximum atomic E-state index is 16.1. The van der Waals surface area contributed by atoms with E-state index >= 15 is 9.59 Å². The van der Waals surface area contributed by atoms with Crippen molar-refractivity contribution in [3.63, 3.8) is 0 Å². The maximum Gasteiger partial charge on any atom is 0.215 e. The summed E-state index contributed by atoms with van der Waals surface area (Å²) in [5.41, 5.74) is 6.72. The highest BCUT2D eigenvalue weighted by Crippen LogP contribution is 2.50. The maximum absolute atomic E-state index is 16.1. The second-order valence-corrected chi connectivity index (χ2v) is 39.3. The summed E-state index contributed by atoms with van der Waals surface area (Å²) in [5, 5.41) is 1.20. The second-order valence-electron chi connectivity index (χ2n) is 32.3. The quantitative estimate of drug-likeness (QED) is 0.0357. The number of aryl methyl sites for hydroxylation is 4. The van der Waals surface area contributed by atoms with Crippen LogP contribution in [-0.4, -0.2) is 9.97 Å². The molecule has 0 amide bonds. The molecule has 0 fully saturated rings. The van der Waals surface area contributed by atoms with Crippen molar-refractivity contribution in [3.8, 4) is 61.5 Å². The van der Waals surface area contributed by atoms with E-state index in [0.717, 1.165) is 69.2 Å². The monoisotopic (exact) mass is 1540 g/mol. The van der Waals surface area contributed by atoms with Crippen LogP contribution in [0.5, 0.6) is 0 Å². The Morgan fingerprint density at radius 2 is 0.547 bits per heavy atom.